The Morgan fingerprint density at radius 3 is 2.69 bits per heavy atom. The molecular weight excluding hydrogens is 360 g/mol. The molecule has 0 saturated carbocycles. The molecule has 0 atom stereocenters. The molecule has 10 heteroatoms. The molecule has 9 nitrogen and oxygen atoms in total. The van der Waals surface area contributed by atoms with Crippen molar-refractivity contribution in [3.63, 3.8) is 0 Å². The highest BCUT2D eigenvalue weighted by Gasteiger charge is 2.24. The van der Waals surface area contributed by atoms with Crippen molar-refractivity contribution in [2.24, 2.45) is 0 Å². The van der Waals surface area contributed by atoms with Crippen molar-refractivity contribution in [2.45, 2.75) is 32.7 Å². The van der Waals surface area contributed by atoms with Crippen molar-refractivity contribution in [1.29, 1.82) is 0 Å². The van der Waals surface area contributed by atoms with Crippen molar-refractivity contribution in [3.05, 3.63) is 45.3 Å². The average molecular weight is 381 g/mol. The fourth-order valence-corrected chi connectivity index (χ4v) is 3.09. The van der Waals surface area contributed by atoms with Crippen molar-refractivity contribution in [3.8, 4) is 0 Å². The lowest BCUT2D eigenvalue weighted by Crippen LogP contribution is -2.30. The van der Waals surface area contributed by atoms with Crippen molar-refractivity contribution < 1.29 is 9.72 Å². The summed E-state index contributed by atoms with van der Waals surface area (Å²) >= 11 is 0. The van der Waals surface area contributed by atoms with Gasteiger partial charge in [0, 0.05) is 6.07 Å². The lowest BCUT2D eigenvalue weighted by atomic mass is 10.1. The number of nitro groups is 1. The first-order valence-corrected chi connectivity index (χ1v) is 8.17. The number of benzene rings is 1. The van der Waals surface area contributed by atoms with Crippen LogP contribution < -0.4 is 10.6 Å². The summed E-state index contributed by atoms with van der Waals surface area (Å²) in [5.41, 5.74) is 1.71. The van der Waals surface area contributed by atoms with Gasteiger partial charge in [-0.1, -0.05) is 11.3 Å². The number of hydrogen-bond acceptors (Lipinski definition) is 6. The fourth-order valence-electron chi connectivity index (χ4n) is 3.09. The van der Waals surface area contributed by atoms with Crippen LogP contribution in [0.3, 0.4) is 0 Å². The van der Waals surface area contributed by atoms with Gasteiger partial charge in [-0.15, -0.1) is 17.5 Å². The summed E-state index contributed by atoms with van der Waals surface area (Å²) in [7, 11) is 0. The van der Waals surface area contributed by atoms with Crippen LogP contribution in [0.4, 0.5) is 11.4 Å². The quantitative estimate of drug-likeness (QED) is 0.621. The highest BCUT2D eigenvalue weighted by atomic mass is 35.5. The summed E-state index contributed by atoms with van der Waals surface area (Å²) in [6.45, 7) is 5.25. The molecule has 0 unspecified atom stereocenters. The lowest BCUT2D eigenvalue weighted by Gasteiger charge is -2.23. The van der Waals surface area contributed by atoms with Gasteiger partial charge < -0.3 is 10.6 Å². The number of amides is 1. The van der Waals surface area contributed by atoms with Gasteiger partial charge in [-0.25, -0.2) is 4.68 Å². The van der Waals surface area contributed by atoms with Gasteiger partial charge in [-0.2, -0.15) is 0 Å². The summed E-state index contributed by atoms with van der Waals surface area (Å²) in [4.78, 5) is 23.1. The van der Waals surface area contributed by atoms with E-state index in [4.69, 9.17) is 0 Å². The van der Waals surface area contributed by atoms with E-state index in [1.807, 2.05) is 6.92 Å². The number of nitrogens with one attached hydrogen (secondary N) is 2. The van der Waals surface area contributed by atoms with E-state index < -0.39 is 10.8 Å². The summed E-state index contributed by atoms with van der Waals surface area (Å²) in [6, 6.07) is 4.81. The average Bonchev–Trinajstić information content (AvgIpc) is 2.99. The number of rotatable bonds is 4. The van der Waals surface area contributed by atoms with Crippen LogP contribution >= 0.6 is 12.4 Å². The second-order valence-electron chi connectivity index (χ2n) is 6.11. The van der Waals surface area contributed by atoms with Crippen LogP contribution in [0.1, 0.15) is 40.6 Å². The van der Waals surface area contributed by atoms with Crippen LogP contribution in [0.2, 0.25) is 0 Å². The number of anilines is 1. The van der Waals surface area contributed by atoms with E-state index in [0.29, 0.717) is 16.9 Å². The number of nitrogens with zero attached hydrogens (tertiary/aromatic N) is 4. The van der Waals surface area contributed by atoms with Gasteiger partial charge in [0.05, 0.1) is 27.9 Å². The Labute approximate surface area is 156 Å². The van der Waals surface area contributed by atoms with E-state index in [2.05, 4.69) is 20.9 Å². The Balaban J connectivity index is 0.00000243. The molecule has 140 valence electrons. The molecule has 1 saturated heterocycles. The minimum Gasteiger partial charge on any atom is -0.320 e. The summed E-state index contributed by atoms with van der Waals surface area (Å²) < 4.78 is 1.80. The third-order valence-corrected chi connectivity index (χ3v) is 4.55. The molecule has 26 heavy (non-hydrogen) atoms. The van der Waals surface area contributed by atoms with Crippen LogP contribution in [0.5, 0.6) is 0 Å². The zero-order chi connectivity index (χ0) is 18.0. The SMILES string of the molecule is Cc1c(NC(=O)c2nnn(C3CCNCC3)c2C)cccc1[N+](=O)[O-].Cl. The molecule has 1 fully saturated rings. The maximum Gasteiger partial charge on any atom is 0.278 e. The maximum absolute atomic E-state index is 12.6. The zero-order valence-corrected chi connectivity index (χ0v) is 15.4. The van der Waals surface area contributed by atoms with Crippen LogP contribution in [-0.4, -0.2) is 38.9 Å². The van der Waals surface area contributed by atoms with Crippen LogP contribution in [0.15, 0.2) is 18.2 Å². The Morgan fingerprint density at radius 2 is 2.04 bits per heavy atom. The van der Waals surface area contributed by atoms with E-state index in [-0.39, 0.29) is 29.8 Å². The van der Waals surface area contributed by atoms with Crippen LogP contribution in [0, 0.1) is 24.0 Å². The largest absolute Gasteiger partial charge is 0.320 e. The Hall–Kier alpha value is -2.52. The van der Waals surface area contributed by atoms with Gasteiger partial charge in [0.15, 0.2) is 5.69 Å². The Kier molecular flexibility index (Phi) is 6.27. The first-order valence-electron chi connectivity index (χ1n) is 8.17. The Bertz CT molecular complexity index is 816. The van der Waals surface area contributed by atoms with Gasteiger partial charge in [-0.3, -0.25) is 14.9 Å². The summed E-state index contributed by atoms with van der Waals surface area (Å²) in [5.74, 6) is -0.415. The highest BCUT2D eigenvalue weighted by molar-refractivity contribution is 6.04. The monoisotopic (exact) mass is 380 g/mol. The topological polar surface area (TPSA) is 115 Å². The van der Waals surface area contributed by atoms with Crippen LogP contribution in [0.25, 0.3) is 0 Å². The number of aromatic nitrogens is 3. The maximum atomic E-state index is 12.6. The molecular formula is C16H21ClN6O3. The minimum atomic E-state index is -0.469. The Morgan fingerprint density at radius 1 is 1.35 bits per heavy atom. The second kappa shape index (κ2) is 8.24. The van der Waals surface area contributed by atoms with Crippen molar-refractivity contribution in [2.75, 3.05) is 18.4 Å². The molecule has 1 aliphatic heterocycles. The summed E-state index contributed by atoms with van der Waals surface area (Å²) in [5, 5.41) is 25.2. The molecule has 2 aromatic rings. The molecule has 1 amide bonds. The van der Waals surface area contributed by atoms with Gasteiger partial charge in [0.2, 0.25) is 0 Å². The van der Waals surface area contributed by atoms with E-state index in [1.165, 1.54) is 6.07 Å². The van der Waals surface area contributed by atoms with Gasteiger partial charge in [0.1, 0.15) is 0 Å². The van der Waals surface area contributed by atoms with E-state index in [1.54, 1.807) is 23.7 Å². The summed E-state index contributed by atoms with van der Waals surface area (Å²) in [6.07, 6.45) is 1.88. The number of carbonyl (C=O) groups excluding carboxylic acids is 1. The lowest BCUT2D eigenvalue weighted by molar-refractivity contribution is -0.385. The third-order valence-electron chi connectivity index (χ3n) is 4.55. The molecule has 0 spiro atoms. The molecule has 0 radical (unpaired) electrons. The number of nitro benzene ring substituents is 1. The highest BCUT2D eigenvalue weighted by Crippen LogP contribution is 2.26. The standard InChI is InChI=1S/C16H20N6O3.ClH/c1-10-13(4-3-5-14(10)22(24)25)18-16(23)15-11(2)21(20-19-15)12-6-8-17-9-7-12;/h3-5,12,17H,6-9H2,1-2H3,(H,18,23);1H. The molecule has 0 aliphatic carbocycles. The number of piperidine rings is 1. The number of carbonyl (C=O) groups is 1. The number of hydrogen-bond donors (Lipinski definition) is 2. The molecule has 3 rings (SSSR count). The van der Waals surface area contributed by atoms with E-state index in [0.717, 1.165) is 25.9 Å². The smallest absolute Gasteiger partial charge is 0.278 e. The predicted molar refractivity (Wildman–Crippen MR) is 98.9 cm³/mol. The molecule has 1 aromatic heterocycles. The van der Waals surface area contributed by atoms with Crippen molar-refractivity contribution >= 4 is 29.7 Å². The van der Waals surface area contributed by atoms with E-state index in [9.17, 15) is 14.9 Å². The fraction of sp³-hybridized carbons (Fsp3) is 0.438. The first kappa shape index (κ1) is 19.8. The molecule has 2 N–H and O–H groups in total. The van der Waals surface area contributed by atoms with Crippen LogP contribution in [-0.2, 0) is 0 Å². The molecule has 0 bridgehead atoms. The van der Waals surface area contributed by atoms with Gasteiger partial charge in [0.25, 0.3) is 11.6 Å². The third kappa shape index (κ3) is 3.83. The van der Waals surface area contributed by atoms with Gasteiger partial charge >= 0.3 is 0 Å². The van der Waals surface area contributed by atoms with E-state index >= 15 is 0 Å². The first-order chi connectivity index (χ1) is 12.0. The van der Waals surface area contributed by atoms with Crippen molar-refractivity contribution in [1.82, 2.24) is 20.3 Å². The molecule has 1 aromatic carbocycles. The molecule has 1 aliphatic rings. The molecule has 2 heterocycles. The minimum absolute atomic E-state index is 0. The predicted octanol–water partition coefficient (Wildman–Crippen LogP) is 2.40. The van der Waals surface area contributed by atoms with Gasteiger partial charge in [-0.05, 0) is 45.8 Å². The zero-order valence-electron chi connectivity index (χ0n) is 14.6. The second-order valence-corrected chi connectivity index (χ2v) is 6.11. The normalized spacial score (nSPS) is 14.5. The number of halogens is 1.